The van der Waals surface area contributed by atoms with Crippen molar-refractivity contribution in [3.05, 3.63) is 70.4 Å². The van der Waals surface area contributed by atoms with Gasteiger partial charge in [-0.15, -0.1) is 0 Å². The summed E-state index contributed by atoms with van der Waals surface area (Å²) in [5, 5.41) is 11.7. The standard InChI is InChI=1S/C60H73N9O11/c1-34(70)39-15-18-46-40(29-39)30-49(63-46)55(75)65-48-19-16-41(62-35(2)71)31-42-17-21-51(69(42)60(48)80)57(77)64-47(20-23-53(61)73)52(72)32-44(37-10-4-3-5-11-37)58(78)67-27-25-36(26-28-67)9-6-7-12-38-13-8-14-43-45(38)33-68(59(43)79)50-22-24-54(74)66-56(50)76/h8,13-15,18,29-30,36-37,41-42,44,47-48,50-51,63H,3-6,9-11,16-17,19-28,31-33H2,1-2H3,(H2,61,73)(H,62,71)(H,64,77)(H,65,75)(H,66,74,76)/t41-,42-,44+,47+,48+,50?,51+/m1/s1. The first-order chi connectivity index (χ1) is 38.4. The third kappa shape index (κ3) is 13.1. The summed E-state index contributed by atoms with van der Waals surface area (Å²) in [7, 11) is 0. The Bertz CT molecular complexity index is 3030. The fourth-order valence-corrected chi connectivity index (χ4v) is 13.1. The molecule has 80 heavy (non-hydrogen) atoms. The number of nitrogens with two attached hydrogens (primary N) is 1. The lowest BCUT2D eigenvalue weighted by Gasteiger charge is -2.38. The second-order valence-corrected chi connectivity index (χ2v) is 22.9. The Morgan fingerprint density at radius 3 is 2.35 bits per heavy atom. The molecule has 20 nitrogen and oxygen atoms in total. The molecule has 1 aliphatic carbocycles. The molecule has 3 aromatic rings. The Morgan fingerprint density at radius 1 is 0.850 bits per heavy atom. The summed E-state index contributed by atoms with van der Waals surface area (Å²) in [4.78, 5) is 155. The van der Waals surface area contributed by atoms with Crippen molar-refractivity contribution >= 4 is 75.6 Å². The van der Waals surface area contributed by atoms with Gasteiger partial charge >= 0.3 is 0 Å². The van der Waals surface area contributed by atoms with Crippen molar-refractivity contribution in [2.45, 2.75) is 179 Å². The minimum atomic E-state index is -1.18. The second kappa shape index (κ2) is 25.2. The predicted molar refractivity (Wildman–Crippen MR) is 293 cm³/mol. The summed E-state index contributed by atoms with van der Waals surface area (Å²) in [6, 6.07) is 7.16. The van der Waals surface area contributed by atoms with Crippen LogP contribution in [0.15, 0.2) is 42.5 Å². The van der Waals surface area contributed by atoms with Gasteiger partial charge in [-0.05, 0) is 138 Å². The van der Waals surface area contributed by atoms with E-state index in [0.29, 0.717) is 66.7 Å². The van der Waals surface area contributed by atoms with E-state index < -0.39 is 71.4 Å². The molecule has 1 aromatic heterocycles. The van der Waals surface area contributed by atoms with Crippen molar-refractivity contribution in [1.29, 1.82) is 0 Å². The monoisotopic (exact) mass is 1100 g/mol. The van der Waals surface area contributed by atoms with E-state index in [2.05, 4.69) is 38.1 Å². The summed E-state index contributed by atoms with van der Waals surface area (Å²) in [6.07, 6.45) is 8.92. The van der Waals surface area contributed by atoms with E-state index in [4.69, 9.17) is 5.73 Å². The predicted octanol–water partition coefficient (Wildman–Crippen LogP) is 4.25. The maximum Gasteiger partial charge on any atom is 0.268 e. The molecular formula is C60H73N9O11. The summed E-state index contributed by atoms with van der Waals surface area (Å²) < 4.78 is 0. The van der Waals surface area contributed by atoms with Gasteiger partial charge in [-0.3, -0.25) is 58.1 Å². The van der Waals surface area contributed by atoms with Crippen LogP contribution < -0.4 is 27.0 Å². The average molecular weight is 1100 g/mol. The van der Waals surface area contributed by atoms with Gasteiger partial charge in [0.05, 0.1) is 6.04 Å². The van der Waals surface area contributed by atoms with E-state index in [-0.39, 0.29) is 98.6 Å². The number of H-pyrrole nitrogens is 1. The zero-order valence-corrected chi connectivity index (χ0v) is 45.7. The highest BCUT2D eigenvalue weighted by molar-refractivity contribution is 6.06. The molecule has 20 heteroatoms. The van der Waals surface area contributed by atoms with Gasteiger partial charge in [0, 0.05) is 97.8 Å². The van der Waals surface area contributed by atoms with E-state index in [0.717, 1.165) is 62.5 Å². The summed E-state index contributed by atoms with van der Waals surface area (Å²) in [5.41, 5.74) is 8.89. The van der Waals surface area contributed by atoms with Crippen LogP contribution in [-0.4, -0.2) is 134 Å². The minimum Gasteiger partial charge on any atom is -0.370 e. The van der Waals surface area contributed by atoms with Gasteiger partial charge in [-0.25, -0.2) is 0 Å². The second-order valence-electron chi connectivity index (χ2n) is 22.9. The fraction of sp³-hybridized carbons (Fsp3) is 0.550. The average Bonchev–Trinajstić information content (AvgIpc) is 4.20. The number of likely N-dealkylation sites (tertiary alicyclic amines) is 1. The number of amides is 9. The molecule has 9 amide bonds. The van der Waals surface area contributed by atoms with Gasteiger partial charge in [-0.1, -0.05) is 37.2 Å². The number of piperidine rings is 2. The largest absolute Gasteiger partial charge is 0.370 e. The number of carbonyl (C=O) groups excluding carboxylic acids is 11. The fourth-order valence-electron chi connectivity index (χ4n) is 13.1. The maximum atomic E-state index is 14.7. The van der Waals surface area contributed by atoms with Gasteiger partial charge in [0.15, 0.2) is 11.6 Å². The Kier molecular flexibility index (Phi) is 17.9. The number of imide groups is 1. The number of nitrogens with zero attached hydrogens (tertiary/aromatic N) is 3. The molecule has 6 aliphatic rings. The normalized spacial score (nSPS) is 23.4. The molecule has 1 saturated carbocycles. The van der Waals surface area contributed by atoms with E-state index in [9.17, 15) is 52.7 Å². The van der Waals surface area contributed by atoms with Crippen molar-refractivity contribution in [1.82, 2.24) is 41.0 Å². The molecule has 7 N–H and O–H groups in total. The van der Waals surface area contributed by atoms with Crippen LogP contribution in [0.2, 0.25) is 0 Å². The molecule has 424 valence electrons. The van der Waals surface area contributed by atoms with Crippen molar-refractivity contribution in [3.63, 3.8) is 0 Å². The molecule has 5 aliphatic heterocycles. The van der Waals surface area contributed by atoms with E-state index in [1.807, 2.05) is 11.0 Å². The molecule has 5 fully saturated rings. The van der Waals surface area contributed by atoms with Crippen LogP contribution >= 0.6 is 0 Å². The summed E-state index contributed by atoms with van der Waals surface area (Å²) in [6.45, 7) is 4.13. The molecule has 0 spiro atoms. The van der Waals surface area contributed by atoms with Gasteiger partial charge < -0.3 is 41.4 Å². The lowest BCUT2D eigenvalue weighted by atomic mass is 9.76. The molecule has 2 aromatic carbocycles. The number of hydrogen-bond donors (Lipinski definition) is 6. The number of primary amides is 1. The third-order valence-electron chi connectivity index (χ3n) is 17.5. The highest BCUT2D eigenvalue weighted by Gasteiger charge is 2.47. The topological polar surface area (TPSA) is 287 Å². The lowest BCUT2D eigenvalue weighted by Crippen LogP contribution is -2.59. The molecule has 1 unspecified atom stereocenters. The smallest absolute Gasteiger partial charge is 0.268 e. The molecule has 6 heterocycles. The van der Waals surface area contributed by atoms with Crippen molar-refractivity contribution < 1.29 is 52.7 Å². The lowest BCUT2D eigenvalue weighted by molar-refractivity contribution is -0.144. The Balaban J connectivity index is 0.839. The van der Waals surface area contributed by atoms with Crippen LogP contribution in [-0.2, 0) is 44.9 Å². The number of nitrogens with one attached hydrogen (secondary N) is 5. The Labute approximate surface area is 465 Å². The SMILES string of the molecule is CC(=O)N[C@@H]1CC[C@H](NC(=O)c2cc3cc(C(C)=O)ccc3[nH]2)C(=O)N2[C@H](CC[C@H]2C(=O)N[C@@H](CCC(N)=O)C(=O)C[C@H](C(=O)N2CCC(CCC#Cc3cccc4c3CN(C3CCC(=O)NC3=O)C4=O)CC2)C2CCCCC2)C1. The number of rotatable bonds is 17. The van der Waals surface area contributed by atoms with Crippen LogP contribution in [0, 0.1) is 29.6 Å². The first-order valence-electron chi connectivity index (χ1n) is 28.6. The van der Waals surface area contributed by atoms with E-state index in [1.165, 1.54) is 23.6 Å². The summed E-state index contributed by atoms with van der Waals surface area (Å²) >= 11 is 0. The first-order valence-corrected chi connectivity index (χ1v) is 28.6. The first kappa shape index (κ1) is 57.0. The number of Topliss-reactive ketones (excluding diaryl/α,β-unsaturated/α-hetero) is 2. The number of aromatic nitrogens is 1. The molecule has 7 atom stereocenters. The van der Waals surface area contributed by atoms with Gasteiger partial charge in [0.25, 0.3) is 11.8 Å². The minimum absolute atomic E-state index is 0.0492. The number of ketones is 2. The molecule has 9 rings (SSSR count). The van der Waals surface area contributed by atoms with E-state index in [1.54, 1.807) is 36.4 Å². The number of aromatic amines is 1. The number of benzene rings is 2. The number of carbonyl (C=O) groups is 11. The summed E-state index contributed by atoms with van der Waals surface area (Å²) in [5.74, 6) is 1.91. The third-order valence-corrected chi connectivity index (χ3v) is 17.5. The van der Waals surface area contributed by atoms with Crippen LogP contribution in [0.5, 0.6) is 0 Å². The van der Waals surface area contributed by atoms with Crippen LogP contribution in [0.25, 0.3) is 10.9 Å². The van der Waals surface area contributed by atoms with Crippen molar-refractivity contribution in [2.24, 2.45) is 23.5 Å². The van der Waals surface area contributed by atoms with Crippen LogP contribution in [0.4, 0.5) is 0 Å². The quantitative estimate of drug-likeness (QED) is 0.0631. The van der Waals surface area contributed by atoms with E-state index >= 15 is 0 Å². The van der Waals surface area contributed by atoms with Crippen LogP contribution in [0.3, 0.4) is 0 Å². The van der Waals surface area contributed by atoms with Crippen molar-refractivity contribution in [2.75, 3.05) is 13.1 Å². The Hall–Kier alpha value is -7.69. The molecule has 0 bridgehead atoms. The maximum absolute atomic E-state index is 14.7. The number of fused-ring (bicyclic) bond motifs is 3. The molecule has 4 saturated heterocycles. The van der Waals surface area contributed by atoms with Gasteiger partial charge in [0.2, 0.25) is 41.4 Å². The van der Waals surface area contributed by atoms with Crippen molar-refractivity contribution in [3.8, 4) is 11.8 Å². The zero-order valence-electron chi connectivity index (χ0n) is 45.7. The Morgan fingerprint density at radius 2 is 1.62 bits per heavy atom. The molecular weight excluding hydrogens is 1020 g/mol. The number of hydrogen-bond acceptors (Lipinski definition) is 11. The zero-order chi connectivity index (χ0) is 56.8. The highest BCUT2D eigenvalue weighted by atomic mass is 16.2. The molecule has 0 radical (unpaired) electrons. The van der Waals surface area contributed by atoms with Gasteiger partial charge in [-0.2, -0.15) is 0 Å². The van der Waals surface area contributed by atoms with Gasteiger partial charge in [0.1, 0.15) is 23.8 Å². The van der Waals surface area contributed by atoms with Crippen LogP contribution in [0.1, 0.15) is 178 Å². The highest BCUT2D eigenvalue weighted by Crippen LogP contribution is 2.37.